The van der Waals surface area contributed by atoms with Gasteiger partial charge >= 0.3 is 0 Å². The first-order valence-electron chi connectivity index (χ1n) is 7.40. The Morgan fingerprint density at radius 2 is 2.05 bits per heavy atom. The van der Waals surface area contributed by atoms with Crippen LogP contribution in [0.2, 0.25) is 0 Å². The third kappa shape index (κ3) is 3.87. The van der Waals surface area contributed by atoms with Crippen LogP contribution in [0.25, 0.3) is 0 Å². The molecule has 1 aromatic rings. The Balaban J connectivity index is 1.83. The van der Waals surface area contributed by atoms with Gasteiger partial charge in [0.15, 0.2) is 0 Å². The molecule has 1 aliphatic rings. The number of furan rings is 1. The zero-order valence-corrected chi connectivity index (χ0v) is 12.6. The number of hydrogen-bond acceptors (Lipinski definition) is 4. The van der Waals surface area contributed by atoms with E-state index in [0.717, 1.165) is 19.3 Å². The van der Waals surface area contributed by atoms with Gasteiger partial charge in [-0.1, -0.05) is 12.8 Å². The maximum atomic E-state index is 11.9. The molecule has 0 spiro atoms. The summed E-state index contributed by atoms with van der Waals surface area (Å²) in [4.78, 5) is 35.2. The van der Waals surface area contributed by atoms with Gasteiger partial charge in [-0.2, -0.15) is 0 Å². The van der Waals surface area contributed by atoms with Crippen molar-refractivity contribution < 1.29 is 18.8 Å². The van der Waals surface area contributed by atoms with Gasteiger partial charge in [0.25, 0.3) is 5.91 Å². The summed E-state index contributed by atoms with van der Waals surface area (Å²) in [5.74, 6) is -0.907. The number of primary amides is 1. The summed E-state index contributed by atoms with van der Waals surface area (Å²) < 4.78 is 5.04. The molecule has 1 aromatic heterocycles. The van der Waals surface area contributed by atoms with Crippen molar-refractivity contribution in [3.8, 4) is 0 Å². The molecule has 0 aliphatic heterocycles. The Hall–Kier alpha value is -2.31. The van der Waals surface area contributed by atoms with Crippen LogP contribution in [0.15, 0.2) is 16.7 Å². The average molecular weight is 307 g/mol. The minimum Gasteiger partial charge on any atom is -0.469 e. The Kier molecular flexibility index (Phi) is 5.19. The lowest BCUT2D eigenvalue weighted by Crippen LogP contribution is -2.49. The minimum atomic E-state index is -0.386. The third-order valence-electron chi connectivity index (χ3n) is 3.99. The standard InChI is InChI=1S/C15H21N3O4/c1-9-10(6-7-22-9)15(21)17-8-13(19)18-12-5-3-2-4-11(12)14(16)20/h6-7,11-12H,2-5,8H2,1H3,(H2,16,20)(H,17,21)(H,18,19). The number of carbonyl (C=O) groups is 3. The first-order chi connectivity index (χ1) is 10.5. The molecular weight excluding hydrogens is 286 g/mol. The van der Waals surface area contributed by atoms with Gasteiger partial charge in [-0.3, -0.25) is 14.4 Å². The highest BCUT2D eigenvalue weighted by atomic mass is 16.3. The van der Waals surface area contributed by atoms with Crippen LogP contribution in [0.5, 0.6) is 0 Å². The molecule has 7 nitrogen and oxygen atoms in total. The predicted molar refractivity (Wildman–Crippen MR) is 78.9 cm³/mol. The first-order valence-corrected chi connectivity index (χ1v) is 7.40. The fourth-order valence-electron chi connectivity index (χ4n) is 2.78. The van der Waals surface area contributed by atoms with Gasteiger partial charge in [-0.05, 0) is 25.8 Å². The molecule has 2 unspecified atom stereocenters. The molecule has 120 valence electrons. The van der Waals surface area contributed by atoms with Gasteiger partial charge in [0.1, 0.15) is 5.76 Å². The Morgan fingerprint density at radius 1 is 1.32 bits per heavy atom. The topological polar surface area (TPSA) is 114 Å². The fourth-order valence-corrected chi connectivity index (χ4v) is 2.78. The first kappa shape index (κ1) is 16.1. The van der Waals surface area contributed by atoms with Crippen LogP contribution < -0.4 is 16.4 Å². The minimum absolute atomic E-state index is 0.147. The van der Waals surface area contributed by atoms with Crippen LogP contribution in [0.3, 0.4) is 0 Å². The molecule has 0 bridgehead atoms. The third-order valence-corrected chi connectivity index (χ3v) is 3.99. The molecule has 7 heteroatoms. The predicted octanol–water partition coefficient (Wildman–Crippen LogP) is 0.478. The summed E-state index contributed by atoms with van der Waals surface area (Å²) in [7, 11) is 0. The SMILES string of the molecule is Cc1occc1C(=O)NCC(=O)NC1CCCCC1C(N)=O. The molecular formula is C15H21N3O4. The monoisotopic (exact) mass is 307 g/mol. The Morgan fingerprint density at radius 3 is 2.68 bits per heavy atom. The van der Waals surface area contributed by atoms with Crippen LogP contribution in [-0.2, 0) is 9.59 Å². The van der Waals surface area contributed by atoms with E-state index in [2.05, 4.69) is 10.6 Å². The number of nitrogens with two attached hydrogens (primary N) is 1. The normalized spacial score (nSPS) is 21.1. The molecule has 1 fully saturated rings. The fraction of sp³-hybridized carbons (Fsp3) is 0.533. The second kappa shape index (κ2) is 7.11. The Labute approximate surface area is 128 Å². The molecule has 22 heavy (non-hydrogen) atoms. The van der Waals surface area contributed by atoms with Crippen LogP contribution in [0.1, 0.15) is 41.8 Å². The van der Waals surface area contributed by atoms with E-state index in [1.165, 1.54) is 6.26 Å². The molecule has 2 atom stereocenters. The molecule has 2 rings (SSSR count). The van der Waals surface area contributed by atoms with E-state index in [-0.39, 0.29) is 36.2 Å². The van der Waals surface area contributed by atoms with Gasteiger partial charge in [0, 0.05) is 6.04 Å². The van der Waals surface area contributed by atoms with E-state index >= 15 is 0 Å². The van der Waals surface area contributed by atoms with E-state index in [0.29, 0.717) is 17.7 Å². The number of amides is 3. The summed E-state index contributed by atoms with van der Waals surface area (Å²) >= 11 is 0. The molecule has 1 saturated carbocycles. The van der Waals surface area contributed by atoms with Crippen molar-refractivity contribution in [3.05, 3.63) is 23.7 Å². The van der Waals surface area contributed by atoms with Gasteiger partial charge < -0.3 is 20.8 Å². The van der Waals surface area contributed by atoms with Crippen molar-refractivity contribution in [2.24, 2.45) is 11.7 Å². The molecule has 0 saturated heterocycles. The zero-order chi connectivity index (χ0) is 16.1. The summed E-state index contributed by atoms with van der Waals surface area (Å²) in [5, 5.41) is 5.32. The highest BCUT2D eigenvalue weighted by Gasteiger charge is 2.30. The van der Waals surface area contributed by atoms with Crippen LogP contribution in [-0.4, -0.2) is 30.3 Å². The number of carbonyl (C=O) groups excluding carboxylic acids is 3. The maximum absolute atomic E-state index is 11.9. The second-order valence-corrected chi connectivity index (χ2v) is 5.54. The number of nitrogens with one attached hydrogen (secondary N) is 2. The smallest absolute Gasteiger partial charge is 0.255 e. The lowest BCUT2D eigenvalue weighted by molar-refractivity contribution is -0.125. The van der Waals surface area contributed by atoms with Crippen molar-refractivity contribution in [1.82, 2.24) is 10.6 Å². The highest BCUT2D eigenvalue weighted by Crippen LogP contribution is 2.24. The highest BCUT2D eigenvalue weighted by molar-refractivity contribution is 5.97. The Bertz CT molecular complexity index is 567. The molecule has 4 N–H and O–H groups in total. The summed E-state index contributed by atoms with van der Waals surface area (Å²) in [6.07, 6.45) is 4.74. The van der Waals surface area contributed by atoms with E-state index in [4.69, 9.17) is 10.2 Å². The molecule has 0 aromatic carbocycles. The molecule has 1 aliphatic carbocycles. The van der Waals surface area contributed by atoms with Crippen molar-refractivity contribution in [1.29, 1.82) is 0 Å². The van der Waals surface area contributed by atoms with Crippen LogP contribution >= 0.6 is 0 Å². The van der Waals surface area contributed by atoms with Crippen molar-refractivity contribution >= 4 is 17.7 Å². The number of hydrogen-bond donors (Lipinski definition) is 3. The molecule has 1 heterocycles. The van der Waals surface area contributed by atoms with E-state index in [1.807, 2.05) is 0 Å². The summed E-state index contributed by atoms with van der Waals surface area (Å²) in [6, 6.07) is 1.30. The molecule has 3 amide bonds. The zero-order valence-electron chi connectivity index (χ0n) is 12.6. The van der Waals surface area contributed by atoms with Crippen molar-refractivity contribution in [3.63, 3.8) is 0 Å². The second-order valence-electron chi connectivity index (χ2n) is 5.54. The lowest BCUT2D eigenvalue weighted by Gasteiger charge is -2.29. The van der Waals surface area contributed by atoms with Crippen molar-refractivity contribution in [2.75, 3.05) is 6.54 Å². The van der Waals surface area contributed by atoms with Crippen LogP contribution in [0, 0.1) is 12.8 Å². The number of rotatable bonds is 5. The largest absolute Gasteiger partial charge is 0.469 e. The van der Waals surface area contributed by atoms with Gasteiger partial charge in [-0.25, -0.2) is 0 Å². The van der Waals surface area contributed by atoms with Gasteiger partial charge in [0.2, 0.25) is 11.8 Å². The molecule has 0 radical (unpaired) electrons. The van der Waals surface area contributed by atoms with Crippen LogP contribution in [0.4, 0.5) is 0 Å². The number of aryl methyl sites for hydroxylation is 1. The quantitative estimate of drug-likeness (QED) is 0.734. The summed E-state index contributed by atoms with van der Waals surface area (Å²) in [6.45, 7) is 1.53. The van der Waals surface area contributed by atoms with Gasteiger partial charge in [-0.15, -0.1) is 0 Å². The van der Waals surface area contributed by atoms with Crippen molar-refractivity contribution in [2.45, 2.75) is 38.6 Å². The van der Waals surface area contributed by atoms with E-state index in [1.54, 1.807) is 13.0 Å². The van der Waals surface area contributed by atoms with E-state index in [9.17, 15) is 14.4 Å². The average Bonchev–Trinajstić information content (AvgIpc) is 2.91. The maximum Gasteiger partial charge on any atom is 0.255 e. The van der Waals surface area contributed by atoms with Gasteiger partial charge in [0.05, 0.1) is 24.3 Å². The summed E-state index contributed by atoms with van der Waals surface area (Å²) in [5.41, 5.74) is 5.77. The lowest BCUT2D eigenvalue weighted by atomic mass is 9.84. The van der Waals surface area contributed by atoms with E-state index < -0.39 is 0 Å².